The lowest BCUT2D eigenvalue weighted by Gasteiger charge is -2.11. The molecule has 5 nitrogen and oxygen atoms in total. The van der Waals surface area contributed by atoms with E-state index >= 15 is 0 Å². The minimum absolute atomic E-state index is 0.0853. The van der Waals surface area contributed by atoms with Crippen LogP contribution in [-0.2, 0) is 16.6 Å². The fourth-order valence-corrected chi connectivity index (χ4v) is 3.95. The largest absolute Gasteiger partial charge is 0.348 e. The van der Waals surface area contributed by atoms with E-state index in [1.807, 2.05) is 31.2 Å². The van der Waals surface area contributed by atoms with Crippen LogP contribution in [0.1, 0.15) is 21.5 Å². The molecule has 3 aromatic rings. The molecule has 1 amide bonds. The molecule has 0 aliphatic heterocycles. The number of aryl methyl sites for hydroxylation is 1. The number of hydrogen-bond donors (Lipinski definition) is 2. The van der Waals surface area contributed by atoms with E-state index in [-0.39, 0.29) is 10.8 Å². The maximum absolute atomic E-state index is 12.6. The van der Waals surface area contributed by atoms with Gasteiger partial charge in [-0.15, -0.1) is 0 Å². The number of para-hydroxylation sites is 1. The van der Waals surface area contributed by atoms with Gasteiger partial charge in [-0.05, 0) is 60.5 Å². The van der Waals surface area contributed by atoms with Gasteiger partial charge in [0.25, 0.3) is 15.9 Å². The monoisotopic (exact) mass is 414 g/mol. The van der Waals surface area contributed by atoms with E-state index in [4.69, 9.17) is 11.6 Å². The number of rotatable bonds is 6. The molecule has 0 aliphatic rings. The molecule has 0 unspecified atom stereocenters. The van der Waals surface area contributed by atoms with E-state index in [1.54, 1.807) is 24.3 Å². The lowest BCUT2D eigenvalue weighted by molar-refractivity contribution is 0.0951. The molecule has 2 N–H and O–H groups in total. The van der Waals surface area contributed by atoms with Crippen LogP contribution in [0.15, 0.2) is 77.7 Å². The standard InChI is InChI=1S/C21H19ClN2O3S/c1-15-5-2-3-8-20(15)24-28(26,27)19-11-9-17(10-12-19)21(25)23-14-16-6-4-7-18(22)13-16/h2-13,24H,14H2,1H3,(H,23,25). The summed E-state index contributed by atoms with van der Waals surface area (Å²) in [6.45, 7) is 2.15. The number of nitrogens with one attached hydrogen (secondary N) is 2. The predicted octanol–water partition coefficient (Wildman–Crippen LogP) is 4.38. The smallest absolute Gasteiger partial charge is 0.261 e. The van der Waals surface area contributed by atoms with E-state index in [9.17, 15) is 13.2 Å². The van der Waals surface area contributed by atoms with Crippen molar-refractivity contribution in [1.82, 2.24) is 5.32 Å². The minimum Gasteiger partial charge on any atom is -0.348 e. The number of anilines is 1. The Hall–Kier alpha value is -2.83. The summed E-state index contributed by atoms with van der Waals surface area (Å²) in [4.78, 5) is 12.4. The highest BCUT2D eigenvalue weighted by molar-refractivity contribution is 7.92. The Kier molecular flexibility index (Phi) is 6.02. The fraction of sp³-hybridized carbons (Fsp3) is 0.0952. The van der Waals surface area contributed by atoms with Crippen molar-refractivity contribution in [3.63, 3.8) is 0 Å². The molecule has 7 heteroatoms. The van der Waals surface area contributed by atoms with Gasteiger partial charge >= 0.3 is 0 Å². The lowest BCUT2D eigenvalue weighted by atomic mass is 10.2. The first-order valence-electron chi connectivity index (χ1n) is 8.56. The topological polar surface area (TPSA) is 75.3 Å². The zero-order chi connectivity index (χ0) is 20.1. The van der Waals surface area contributed by atoms with E-state index < -0.39 is 10.0 Å². The van der Waals surface area contributed by atoms with Crippen LogP contribution in [0.3, 0.4) is 0 Å². The Morgan fingerprint density at radius 1 is 0.964 bits per heavy atom. The second kappa shape index (κ2) is 8.46. The zero-order valence-corrected chi connectivity index (χ0v) is 16.7. The summed E-state index contributed by atoms with van der Waals surface area (Å²) in [5.74, 6) is -0.296. The number of carbonyl (C=O) groups excluding carboxylic acids is 1. The molecular formula is C21H19ClN2O3S. The third kappa shape index (κ3) is 4.91. The molecular weight excluding hydrogens is 396 g/mol. The quantitative estimate of drug-likeness (QED) is 0.628. The van der Waals surface area contributed by atoms with Crippen molar-refractivity contribution in [2.45, 2.75) is 18.4 Å². The summed E-state index contributed by atoms with van der Waals surface area (Å²) in [5.41, 5.74) is 2.59. The number of carbonyl (C=O) groups is 1. The van der Waals surface area contributed by atoms with Crippen LogP contribution in [-0.4, -0.2) is 14.3 Å². The first-order valence-corrected chi connectivity index (χ1v) is 10.4. The average Bonchev–Trinajstić information content (AvgIpc) is 2.68. The second-order valence-electron chi connectivity index (χ2n) is 6.26. The molecule has 3 rings (SSSR count). The average molecular weight is 415 g/mol. The molecule has 0 fully saturated rings. The van der Waals surface area contributed by atoms with Crippen LogP contribution in [0, 0.1) is 6.92 Å². The molecule has 0 aromatic heterocycles. The summed E-state index contributed by atoms with van der Waals surface area (Å²) in [6.07, 6.45) is 0. The third-order valence-electron chi connectivity index (χ3n) is 4.16. The van der Waals surface area contributed by atoms with Crippen molar-refractivity contribution in [1.29, 1.82) is 0 Å². The van der Waals surface area contributed by atoms with Gasteiger partial charge < -0.3 is 5.32 Å². The van der Waals surface area contributed by atoms with Gasteiger partial charge in [-0.3, -0.25) is 9.52 Å². The number of hydrogen-bond acceptors (Lipinski definition) is 3. The van der Waals surface area contributed by atoms with Gasteiger partial charge in [0, 0.05) is 17.1 Å². The molecule has 144 valence electrons. The number of sulfonamides is 1. The van der Waals surface area contributed by atoms with Crippen LogP contribution in [0.2, 0.25) is 5.02 Å². The van der Waals surface area contributed by atoms with Crippen molar-refractivity contribution in [2.75, 3.05) is 4.72 Å². The van der Waals surface area contributed by atoms with Gasteiger partial charge in [0.2, 0.25) is 0 Å². The van der Waals surface area contributed by atoms with Gasteiger partial charge in [0.05, 0.1) is 10.6 Å². The molecule has 0 saturated carbocycles. The molecule has 0 aliphatic carbocycles. The summed E-state index contributed by atoms with van der Waals surface area (Å²) < 4.78 is 27.7. The van der Waals surface area contributed by atoms with Crippen LogP contribution in [0.5, 0.6) is 0 Å². The van der Waals surface area contributed by atoms with Crippen LogP contribution in [0.4, 0.5) is 5.69 Å². The summed E-state index contributed by atoms with van der Waals surface area (Å²) in [6, 6.07) is 20.1. The lowest BCUT2D eigenvalue weighted by Crippen LogP contribution is -2.23. The highest BCUT2D eigenvalue weighted by atomic mass is 35.5. The molecule has 0 radical (unpaired) electrons. The van der Waals surface area contributed by atoms with Crippen molar-refractivity contribution < 1.29 is 13.2 Å². The summed E-state index contributed by atoms with van der Waals surface area (Å²) in [5, 5.41) is 3.38. The Labute approximate surface area is 169 Å². The summed E-state index contributed by atoms with van der Waals surface area (Å²) >= 11 is 5.93. The van der Waals surface area contributed by atoms with E-state index in [0.29, 0.717) is 22.8 Å². The zero-order valence-electron chi connectivity index (χ0n) is 15.1. The Bertz CT molecular complexity index is 1100. The Morgan fingerprint density at radius 3 is 2.36 bits per heavy atom. The summed E-state index contributed by atoms with van der Waals surface area (Å²) in [7, 11) is -3.73. The van der Waals surface area contributed by atoms with Crippen molar-refractivity contribution in [2.24, 2.45) is 0 Å². The Balaban J connectivity index is 1.68. The molecule has 0 atom stereocenters. The van der Waals surface area contributed by atoms with Crippen molar-refractivity contribution in [3.05, 3.63) is 94.5 Å². The van der Waals surface area contributed by atoms with Crippen LogP contribution < -0.4 is 10.0 Å². The van der Waals surface area contributed by atoms with Gasteiger partial charge in [0.1, 0.15) is 0 Å². The van der Waals surface area contributed by atoms with E-state index in [1.165, 1.54) is 24.3 Å². The second-order valence-corrected chi connectivity index (χ2v) is 8.38. The van der Waals surface area contributed by atoms with E-state index in [0.717, 1.165) is 11.1 Å². The number of amides is 1. The molecule has 3 aromatic carbocycles. The molecule has 0 saturated heterocycles. The van der Waals surface area contributed by atoms with Gasteiger partial charge in [0.15, 0.2) is 0 Å². The molecule has 0 heterocycles. The van der Waals surface area contributed by atoms with Crippen molar-refractivity contribution >= 4 is 33.2 Å². The van der Waals surface area contributed by atoms with Gasteiger partial charge in [-0.1, -0.05) is 41.9 Å². The van der Waals surface area contributed by atoms with Crippen LogP contribution >= 0.6 is 11.6 Å². The van der Waals surface area contributed by atoms with Crippen molar-refractivity contribution in [3.8, 4) is 0 Å². The highest BCUT2D eigenvalue weighted by Gasteiger charge is 2.16. The molecule has 0 bridgehead atoms. The highest BCUT2D eigenvalue weighted by Crippen LogP contribution is 2.19. The fourth-order valence-electron chi connectivity index (χ4n) is 2.61. The van der Waals surface area contributed by atoms with Gasteiger partial charge in [-0.25, -0.2) is 8.42 Å². The SMILES string of the molecule is Cc1ccccc1NS(=O)(=O)c1ccc(C(=O)NCc2cccc(Cl)c2)cc1. The number of benzene rings is 3. The van der Waals surface area contributed by atoms with Gasteiger partial charge in [-0.2, -0.15) is 0 Å². The van der Waals surface area contributed by atoms with E-state index in [2.05, 4.69) is 10.0 Å². The predicted molar refractivity (Wildman–Crippen MR) is 111 cm³/mol. The number of halogens is 1. The Morgan fingerprint density at radius 2 is 1.68 bits per heavy atom. The molecule has 0 spiro atoms. The first kappa shape index (κ1) is 19.9. The maximum atomic E-state index is 12.6. The first-order chi connectivity index (χ1) is 13.3. The maximum Gasteiger partial charge on any atom is 0.261 e. The normalized spacial score (nSPS) is 11.1. The van der Waals surface area contributed by atoms with Crippen LogP contribution in [0.25, 0.3) is 0 Å². The molecule has 28 heavy (non-hydrogen) atoms. The minimum atomic E-state index is -3.73. The third-order valence-corrected chi connectivity index (χ3v) is 5.77.